The number of carboxylic acids is 1. The standard InChI is InChI=1S/C35H38N6O5S.ClH/c1-23(2)16-28(37-29-19-36-41(21-29)20-26-12-6-5-7-13-26)22-46-32-18-31(33-24(3)10-8-11-25(33)4)38-35(39-32)40-47(44,45)30-15-9-14-27(17-30)34(42)43;/h5-15,17-19,21,23,28,37H,16,20,22H2,1-4H3,(H,42,43)(H,38,39,40);1H/t28-;/m1./s1. The zero-order valence-corrected chi connectivity index (χ0v) is 28.8. The zero-order chi connectivity index (χ0) is 33.6. The summed E-state index contributed by atoms with van der Waals surface area (Å²) in [4.78, 5) is 20.2. The van der Waals surface area contributed by atoms with Crippen molar-refractivity contribution in [2.75, 3.05) is 16.6 Å². The Morgan fingerprint density at radius 2 is 1.67 bits per heavy atom. The Labute approximate surface area is 286 Å². The lowest BCUT2D eigenvalue weighted by atomic mass is 10.00. The van der Waals surface area contributed by atoms with E-state index in [9.17, 15) is 18.3 Å². The smallest absolute Gasteiger partial charge is 0.335 e. The number of rotatable bonds is 14. The summed E-state index contributed by atoms with van der Waals surface area (Å²) in [6.45, 7) is 9.04. The molecule has 5 aromatic rings. The first-order valence-corrected chi connectivity index (χ1v) is 16.7. The molecule has 5 rings (SSSR count). The Bertz CT molecular complexity index is 1950. The lowest BCUT2D eigenvalue weighted by molar-refractivity contribution is 0.0696. The summed E-state index contributed by atoms with van der Waals surface area (Å²) in [5.74, 6) is -0.893. The third kappa shape index (κ3) is 9.33. The maximum Gasteiger partial charge on any atom is 0.335 e. The quantitative estimate of drug-likeness (QED) is 0.114. The third-order valence-corrected chi connectivity index (χ3v) is 8.76. The van der Waals surface area contributed by atoms with Gasteiger partial charge in [0.1, 0.15) is 6.61 Å². The number of halogens is 1. The Hall–Kier alpha value is -4.94. The van der Waals surface area contributed by atoms with E-state index in [0.717, 1.165) is 40.4 Å². The molecule has 2 heterocycles. The predicted molar refractivity (Wildman–Crippen MR) is 189 cm³/mol. The van der Waals surface area contributed by atoms with Crippen LogP contribution >= 0.6 is 12.4 Å². The summed E-state index contributed by atoms with van der Waals surface area (Å²) < 4.78 is 37.2. The second kappa shape index (κ2) is 15.8. The number of ether oxygens (including phenoxy) is 1. The number of aromatic nitrogens is 4. The molecule has 0 spiro atoms. The molecule has 0 saturated heterocycles. The van der Waals surface area contributed by atoms with Gasteiger partial charge in [-0.3, -0.25) is 4.68 Å². The number of hydrogen-bond acceptors (Lipinski definition) is 8. The number of hydrogen-bond donors (Lipinski definition) is 3. The monoisotopic (exact) mass is 690 g/mol. The highest BCUT2D eigenvalue weighted by molar-refractivity contribution is 7.92. The van der Waals surface area contributed by atoms with Crippen LogP contribution in [0.4, 0.5) is 11.6 Å². The molecule has 0 bridgehead atoms. The molecule has 48 heavy (non-hydrogen) atoms. The van der Waals surface area contributed by atoms with Crippen LogP contribution in [0.2, 0.25) is 0 Å². The van der Waals surface area contributed by atoms with E-state index in [4.69, 9.17) is 4.74 Å². The number of benzene rings is 3. The topological polar surface area (TPSA) is 148 Å². The number of nitrogens with one attached hydrogen (secondary N) is 2. The van der Waals surface area contributed by atoms with E-state index in [2.05, 4.69) is 51.1 Å². The lowest BCUT2D eigenvalue weighted by Crippen LogP contribution is -2.29. The van der Waals surface area contributed by atoms with E-state index in [-0.39, 0.29) is 47.3 Å². The molecule has 0 unspecified atom stereocenters. The lowest BCUT2D eigenvalue weighted by Gasteiger charge is -2.21. The molecule has 0 radical (unpaired) electrons. The van der Waals surface area contributed by atoms with Gasteiger partial charge < -0.3 is 15.2 Å². The number of aromatic carboxylic acids is 1. The molecule has 0 fully saturated rings. The van der Waals surface area contributed by atoms with E-state index in [1.165, 1.54) is 18.2 Å². The van der Waals surface area contributed by atoms with Crippen molar-refractivity contribution in [1.82, 2.24) is 19.7 Å². The fraction of sp³-hybridized carbons (Fsp3) is 0.257. The first kappa shape index (κ1) is 35.9. The Balaban J connectivity index is 0.00000520. The molecule has 0 saturated carbocycles. The van der Waals surface area contributed by atoms with Gasteiger partial charge in [-0.05, 0) is 61.1 Å². The Morgan fingerprint density at radius 3 is 2.35 bits per heavy atom. The van der Waals surface area contributed by atoms with E-state index < -0.39 is 16.0 Å². The molecule has 252 valence electrons. The van der Waals surface area contributed by atoms with E-state index in [1.54, 1.807) is 12.3 Å². The first-order chi connectivity index (χ1) is 22.5. The van der Waals surface area contributed by atoms with Crippen LogP contribution in [0.25, 0.3) is 11.3 Å². The number of anilines is 2. The van der Waals surface area contributed by atoms with Crippen LogP contribution < -0.4 is 14.8 Å². The van der Waals surface area contributed by atoms with Gasteiger partial charge in [0.05, 0.1) is 40.6 Å². The van der Waals surface area contributed by atoms with Gasteiger partial charge in [-0.25, -0.2) is 22.9 Å². The highest BCUT2D eigenvalue weighted by Crippen LogP contribution is 2.30. The average Bonchev–Trinajstić information content (AvgIpc) is 3.46. The molecular formula is C35H39ClN6O5S. The van der Waals surface area contributed by atoms with Crippen LogP contribution in [-0.2, 0) is 16.6 Å². The van der Waals surface area contributed by atoms with Crippen LogP contribution in [0.1, 0.15) is 47.3 Å². The molecule has 0 aliphatic carbocycles. The molecule has 13 heteroatoms. The summed E-state index contributed by atoms with van der Waals surface area (Å²) in [7, 11) is -4.23. The highest BCUT2D eigenvalue weighted by atomic mass is 35.5. The van der Waals surface area contributed by atoms with E-state index in [1.807, 2.05) is 61.1 Å². The van der Waals surface area contributed by atoms with Crippen molar-refractivity contribution >= 4 is 40.0 Å². The van der Waals surface area contributed by atoms with Gasteiger partial charge in [0.15, 0.2) is 0 Å². The molecule has 3 N–H and O–H groups in total. The van der Waals surface area contributed by atoms with Crippen LogP contribution in [0.5, 0.6) is 5.88 Å². The maximum absolute atomic E-state index is 13.3. The minimum Gasteiger partial charge on any atom is -0.478 e. The second-order valence-electron chi connectivity index (χ2n) is 11.8. The van der Waals surface area contributed by atoms with Crippen molar-refractivity contribution in [2.45, 2.75) is 51.6 Å². The van der Waals surface area contributed by atoms with Crippen molar-refractivity contribution in [3.63, 3.8) is 0 Å². The molecule has 3 aromatic carbocycles. The summed E-state index contributed by atoms with van der Waals surface area (Å²) in [5.41, 5.74) is 5.05. The molecule has 11 nitrogen and oxygen atoms in total. The summed E-state index contributed by atoms with van der Waals surface area (Å²) in [6, 6.07) is 22.6. The Morgan fingerprint density at radius 1 is 0.958 bits per heavy atom. The van der Waals surface area contributed by atoms with Crippen molar-refractivity contribution < 1.29 is 23.1 Å². The Kier molecular flexibility index (Phi) is 11.8. The fourth-order valence-corrected chi connectivity index (χ4v) is 6.31. The summed E-state index contributed by atoms with van der Waals surface area (Å²) in [6.07, 6.45) is 4.53. The van der Waals surface area contributed by atoms with Gasteiger partial charge in [0.25, 0.3) is 10.0 Å². The van der Waals surface area contributed by atoms with Crippen molar-refractivity contribution in [3.8, 4) is 17.1 Å². The maximum atomic E-state index is 13.3. The van der Waals surface area contributed by atoms with Crippen molar-refractivity contribution in [1.29, 1.82) is 0 Å². The van der Waals surface area contributed by atoms with Gasteiger partial charge in [0.2, 0.25) is 11.8 Å². The second-order valence-corrected chi connectivity index (χ2v) is 13.5. The number of carbonyl (C=O) groups is 1. The molecular weight excluding hydrogens is 652 g/mol. The molecule has 2 aromatic heterocycles. The molecule has 0 aliphatic rings. The average molecular weight is 691 g/mol. The van der Waals surface area contributed by atoms with Gasteiger partial charge in [-0.2, -0.15) is 10.1 Å². The van der Waals surface area contributed by atoms with Crippen LogP contribution in [0, 0.1) is 19.8 Å². The normalized spacial score (nSPS) is 11.9. The van der Waals surface area contributed by atoms with E-state index in [0.29, 0.717) is 18.2 Å². The predicted octanol–water partition coefficient (Wildman–Crippen LogP) is 6.83. The van der Waals surface area contributed by atoms with Gasteiger partial charge in [-0.1, -0.05) is 68.4 Å². The molecule has 0 amide bonds. The summed E-state index contributed by atoms with van der Waals surface area (Å²) >= 11 is 0. The molecule has 0 aliphatic heterocycles. The van der Waals surface area contributed by atoms with Gasteiger partial charge in [-0.15, -0.1) is 12.4 Å². The fourth-order valence-electron chi connectivity index (χ4n) is 5.32. The number of aryl methyl sites for hydroxylation is 2. The minimum atomic E-state index is -4.23. The van der Waals surface area contributed by atoms with Crippen molar-refractivity contribution in [3.05, 3.63) is 114 Å². The molecule has 1 atom stereocenters. The van der Waals surface area contributed by atoms with Crippen LogP contribution in [0.15, 0.2) is 96.2 Å². The minimum absolute atomic E-state index is 0. The van der Waals surface area contributed by atoms with Crippen molar-refractivity contribution in [2.24, 2.45) is 5.92 Å². The summed E-state index contributed by atoms with van der Waals surface area (Å²) in [5, 5.41) is 17.4. The SMILES string of the molecule is Cc1cccc(C)c1-c1cc(OC[C@@H](CC(C)C)Nc2cnn(Cc3ccccc3)c2)nc(NS(=O)(=O)c2cccc(C(=O)O)c2)n1.Cl. The van der Waals surface area contributed by atoms with Crippen LogP contribution in [-0.4, -0.2) is 51.9 Å². The first-order valence-electron chi connectivity index (χ1n) is 15.2. The van der Waals surface area contributed by atoms with Gasteiger partial charge >= 0.3 is 5.97 Å². The number of sulfonamides is 1. The van der Waals surface area contributed by atoms with Crippen LogP contribution in [0.3, 0.4) is 0 Å². The third-order valence-electron chi connectivity index (χ3n) is 7.44. The number of carboxylic acid groups (broad SMARTS) is 1. The highest BCUT2D eigenvalue weighted by Gasteiger charge is 2.21. The largest absolute Gasteiger partial charge is 0.478 e. The number of nitrogens with zero attached hydrogens (tertiary/aromatic N) is 4. The van der Waals surface area contributed by atoms with Gasteiger partial charge in [0, 0.05) is 17.8 Å². The zero-order valence-electron chi connectivity index (χ0n) is 27.1. The van der Waals surface area contributed by atoms with E-state index >= 15 is 0 Å².